The molecule has 1 aromatic rings. The van der Waals surface area contributed by atoms with Gasteiger partial charge in [0.25, 0.3) is 0 Å². The third kappa shape index (κ3) is 4.27. The van der Waals surface area contributed by atoms with E-state index in [1.54, 1.807) is 0 Å². The first-order chi connectivity index (χ1) is 8.56. The number of thiazole rings is 1. The Bertz CT molecular complexity index is 456. The van der Waals surface area contributed by atoms with Gasteiger partial charge < -0.3 is 15.2 Å². The number of aliphatic hydroxyl groups is 1. The van der Waals surface area contributed by atoms with Gasteiger partial charge in [0, 0.05) is 11.5 Å². The summed E-state index contributed by atoms with van der Waals surface area (Å²) in [6.45, 7) is 1.35. The summed E-state index contributed by atoms with van der Waals surface area (Å²) < 4.78 is 4.42. The Morgan fingerprint density at radius 2 is 2.39 bits per heavy atom. The fourth-order valence-electron chi connectivity index (χ4n) is 1.16. The molecule has 0 spiro atoms. The number of amides is 1. The molecule has 7 heteroatoms. The van der Waals surface area contributed by atoms with Crippen LogP contribution in [0.4, 0.5) is 0 Å². The predicted octanol–water partition coefficient (Wildman–Crippen LogP) is 0.115. The van der Waals surface area contributed by atoms with E-state index in [1.165, 1.54) is 30.6 Å². The van der Waals surface area contributed by atoms with Crippen LogP contribution in [-0.4, -0.2) is 41.7 Å². The van der Waals surface area contributed by atoms with Crippen molar-refractivity contribution in [2.75, 3.05) is 13.7 Å². The van der Waals surface area contributed by atoms with E-state index in [-0.39, 0.29) is 0 Å². The summed E-state index contributed by atoms with van der Waals surface area (Å²) in [4.78, 5) is 26.7. The minimum Gasteiger partial charge on any atom is -0.467 e. The maximum absolute atomic E-state index is 11.5. The first kappa shape index (κ1) is 14.3. The van der Waals surface area contributed by atoms with Crippen LogP contribution in [0.2, 0.25) is 0 Å². The summed E-state index contributed by atoms with van der Waals surface area (Å²) in [5, 5.41) is 13.9. The number of aryl methyl sites for hydroxylation is 1. The van der Waals surface area contributed by atoms with Crippen LogP contribution in [0.3, 0.4) is 0 Å². The Labute approximate surface area is 108 Å². The monoisotopic (exact) mass is 270 g/mol. The molecule has 0 aliphatic carbocycles. The molecule has 0 bridgehead atoms. The number of hydrogen-bond acceptors (Lipinski definition) is 6. The van der Waals surface area contributed by atoms with Crippen molar-refractivity contribution >= 4 is 29.3 Å². The van der Waals surface area contributed by atoms with Gasteiger partial charge in [-0.15, -0.1) is 11.3 Å². The van der Waals surface area contributed by atoms with E-state index < -0.39 is 24.5 Å². The smallest absolute Gasteiger partial charge is 0.330 e. The normalized spacial score (nSPS) is 12.4. The highest BCUT2D eigenvalue weighted by Crippen LogP contribution is 2.08. The average Bonchev–Trinajstić information content (AvgIpc) is 2.78. The first-order valence-electron chi connectivity index (χ1n) is 5.16. The second-order valence-electron chi connectivity index (χ2n) is 3.39. The van der Waals surface area contributed by atoms with Crippen molar-refractivity contribution in [3.8, 4) is 0 Å². The van der Waals surface area contributed by atoms with Crippen LogP contribution in [0.1, 0.15) is 10.7 Å². The van der Waals surface area contributed by atoms with E-state index in [0.29, 0.717) is 5.69 Å². The van der Waals surface area contributed by atoms with Crippen LogP contribution in [0.15, 0.2) is 11.5 Å². The lowest BCUT2D eigenvalue weighted by Crippen LogP contribution is -2.43. The summed E-state index contributed by atoms with van der Waals surface area (Å²) in [5.41, 5.74) is 0.672. The second-order valence-corrected chi connectivity index (χ2v) is 4.45. The Kier molecular flexibility index (Phi) is 5.47. The zero-order valence-corrected chi connectivity index (χ0v) is 10.9. The van der Waals surface area contributed by atoms with Gasteiger partial charge in [0.05, 0.1) is 24.4 Å². The number of carbonyl (C=O) groups excluding carboxylic acids is 2. The number of aliphatic hydroxyl groups excluding tert-OH is 1. The van der Waals surface area contributed by atoms with Crippen LogP contribution >= 0.6 is 11.3 Å². The number of hydrogen-bond donors (Lipinski definition) is 2. The molecule has 0 aromatic carbocycles. The van der Waals surface area contributed by atoms with E-state index in [0.717, 1.165) is 5.01 Å². The molecule has 98 valence electrons. The number of esters is 1. The lowest BCUT2D eigenvalue weighted by molar-refractivity contribution is -0.145. The van der Waals surface area contributed by atoms with Gasteiger partial charge in [-0.1, -0.05) is 0 Å². The molecule has 0 fully saturated rings. The highest BCUT2D eigenvalue weighted by molar-refractivity contribution is 7.09. The van der Waals surface area contributed by atoms with Gasteiger partial charge in [0.2, 0.25) is 5.91 Å². The molecule has 1 unspecified atom stereocenters. The average molecular weight is 270 g/mol. The Morgan fingerprint density at radius 3 is 2.89 bits per heavy atom. The van der Waals surface area contributed by atoms with Crippen molar-refractivity contribution in [3.63, 3.8) is 0 Å². The molecule has 1 rings (SSSR count). The second kappa shape index (κ2) is 6.87. The van der Waals surface area contributed by atoms with Crippen LogP contribution in [0, 0.1) is 6.92 Å². The number of nitrogens with zero attached hydrogens (tertiary/aromatic N) is 1. The third-order valence-electron chi connectivity index (χ3n) is 2.03. The molecule has 0 radical (unpaired) electrons. The quantitative estimate of drug-likeness (QED) is 0.586. The van der Waals surface area contributed by atoms with Crippen molar-refractivity contribution in [3.05, 3.63) is 22.2 Å². The van der Waals surface area contributed by atoms with Crippen molar-refractivity contribution in [2.45, 2.75) is 13.0 Å². The van der Waals surface area contributed by atoms with Gasteiger partial charge in [0.15, 0.2) is 6.04 Å². The number of ether oxygens (including phenoxy) is 1. The van der Waals surface area contributed by atoms with Gasteiger partial charge in [-0.2, -0.15) is 0 Å². The van der Waals surface area contributed by atoms with E-state index in [9.17, 15) is 9.59 Å². The lowest BCUT2D eigenvalue weighted by Gasteiger charge is -2.11. The summed E-state index contributed by atoms with van der Waals surface area (Å²) in [7, 11) is 1.19. The minimum atomic E-state index is -1.05. The highest BCUT2D eigenvalue weighted by Gasteiger charge is 2.19. The summed E-state index contributed by atoms with van der Waals surface area (Å²) in [5.74, 6) is -1.19. The van der Waals surface area contributed by atoms with Gasteiger partial charge in [-0.3, -0.25) is 4.79 Å². The molecule has 2 N–H and O–H groups in total. The standard InChI is InChI=1S/C11H14N2O4S/c1-7-12-8(6-18-7)3-4-10(15)13-9(5-14)11(16)17-2/h3-4,6,9,14H,5H2,1-2H3,(H,13,15)/b4-3+. The van der Waals surface area contributed by atoms with Gasteiger partial charge in [-0.25, -0.2) is 9.78 Å². The van der Waals surface area contributed by atoms with Crippen molar-refractivity contribution in [1.29, 1.82) is 0 Å². The molecule has 1 aromatic heterocycles. The number of carbonyl (C=O) groups is 2. The van der Waals surface area contributed by atoms with Crippen LogP contribution in [0.25, 0.3) is 6.08 Å². The van der Waals surface area contributed by atoms with Gasteiger partial charge >= 0.3 is 5.97 Å². The summed E-state index contributed by atoms with van der Waals surface area (Å²) in [6.07, 6.45) is 2.78. The molecule has 1 heterocycles. The molecule has 0 saturated carbocycles. The van der Waals surface area contributed by atoms with E-state index >= 15 is 0 Å². The zero-order chi connectivity index (χ0) is 13.5. The van der Waals surface area contributed by atoms with Gasteiger partial charge in [0.1, 0.15) is 0 Å². The maximum atomic E-state index is 11.5. The predicted molar refractivity (Wildman–Crippen MR) is 66.9 cm³/mol. The first-order valence-corrected chi connectivity index (χ1v) is 6.04. The molecular weight excluding hydrogens is 256 g/mol. The number of nitrogens with one attached hydrogen (secondary N) is 1. The topological polar surface area (TPSA) is 88.5 Å². The molecule has 1 atom stereocenters. The molecular formula is C11H14N2O4S. The van der Waals surface area contributed by atoms with Crippen LogP contribution < -0.4 is 5.32 Å². The molecule has 1 amide bonds. The van der Waals surface area contributed by atoms with Crippen LogP contribution in [-0.2, 0) is 14.3 Å². The third-order valence-corrected chi connectivity index (χ3v) is 2.82. The van der Waals surface area contributed by atoms with Crippen LogP contribution in [0.5, 0.6) is 0 Å². The number of rotatable bonds is 5. The van der Waals surface area contributed by atoms with Crippen molar-refractivity contribution in [1.82, 2.24) is 10.3 Å². The Morgan fingerprint density at radius 1 is 1.67 bits per heavy atom. The SMILES string of the molecule is COC(=O)C(CO)NC(=O)/C=C/c1csc(C)n1. The largest absolute Gasteiger partial charge is 0.467 e. The van der Waals surface area contributed by atoms with E-state index in [2.05, 4.69) is 15.0 Å². The summed E-state index contributed by atoms with van der Waals surface area (Å²) in [6, 6.07) is -1.05. The fraction of sp³-hybridized carbons (Fsp3) is 0.364. The van der Waals surface area contributed by atoms with E-state index in [4.69, 9.17) is 5.11 Å². The minimum absolute atomic E-state index is 0.495. The highest BCUT2D eigenvalue weighted by atomic mass is 32.1. The number of methoxy groups -OCH3 is 1. The maximum Gasteiger partial charge on any atom is 0.330 e. The van der Waals surface area contributed by atoms with E-state index in [1.807, 2.05) is 12.3 Å². The molecule has 0 aliphatic heterocycles. The Balaban J connectivity index is 2.55. The molecule has 0 saturated heterocycles. The molecule has 18 heavy (non-hydrogen) atoms. The zero-order valence-electron chi connectivity index (χ0n) is 10.0. The van der Waals surface area contributed by atoms with Crippen molar-refractivity contribution < 1.29 is 19.4 Å². The molecule has 6 nitrogen and oxygen atoms in total. The molecule has 0 aliphatic rings. The Hall–Kier alpha value is -1.73. The fourth-order valence-corrected chi connectivity index (χ4v) is 1.74. The van der Waals surface area contributed by atoms with Gasteiger partial charge in [-0.05, 0) is 13.0 Å². The number of aromatic nitrogens is 1. The summed E-state index contributed by atoms with van der Waals surface area (Å²) >= 11 is 1.47. The van der Waals surface area contributed by atoms with Crippen molar-refractivity contribution in [2.24, 2.45) is 0 Å². The lowest BCUT2D eigenvalue weighted by atomic mass is 10.3.